The second kappa shape index (κ2) is 6.59. The van der Waals surface area contributed by atoms with E-state index in [2.05, 4.69) is 22.2 Å². The number of fused-ring (bicyclic) bond motifs is 1. The van der Waals surface area contributed by atoms with Gasteiger partial charge in [0, 0.05) is 15.5 Å². The van der Waals surface area contributed by atoms with E-state index in [1.165, 1.54) is 6.33 Å². The van der Waals surface area contributed by atoms with Crippen molar-refractivity contribution in [1.29, 1.82) is 0 Å². The average molecular weight is 382 g/mol. The minimum absolute atomic E-state index is 0.191. The van der Waals surface area contributed by atoms with Crippen LogP contribution in [0.4, 0.5) is 11.5 Å². The van der Waals surface area contributed by atoms with Crippen molar-refractivity contribution in [1.82, 2.24) is 9.97 Å². The van der Waals surface area contributed by atoms with Crippen molar-refractivity contribution in [2.24, 2.45) is 0 Å². The van der Waals surface area contributed by atoms with E-state index < -0.39 is 0 Å². The van der Waals surface area contributed by atoms with Crippen molar-refractivity contribution in [3.63, 3.8) is 0 Å². The number of nitrogens with one attached hydrogen (secondary N) is 1. The van der Waals surface area contributed by atoms with Crippen molar-refractivity contribution in [2.75, 3.05) is 5.32 Å². The van der Waals surface area contributed by atoms with Gasteiger partial charge < -0.3 is 10.4 Å². The molecular weight excluding hydrogens is 366 g/mol. The molecule has 2 aromatic carbocycles. The van der Waals surface area contributed by atoms with E-state index in [1.54, 1.807) is 17.4 Å². The van der Waals surface area contributed by atoms with Gasteiger partial charge in [-0.3, -0.25) is 0 Å². The van der Waals surface area contributed by atoms with Gasteiger partial charge in [0.15, 0.2) is 0 Å². The van der Waals surface area contributed by atoms with Gasteiger partial charge in [-0.1, -0.05) is 29.8 Å². The quantitative estimate of drug-likeness (QED) is 0.422. The molecule has 0 fully saturated rings. The Morgan fingerprint density at radius 2 is 1.81 bits per heavy atom. The lowest BCUT2D eigenvalue weighted by Gasteiger charge is -2.11. The number of hydrogen-bond acceptors (Lipinski definition) is 5. The van der Waals surface area contributed by atoms with Crippen LogP contribution in [0.5, 0.6) is 5.75 Å². The largest absolute Gasteiger partial charge is 0.506 e. The molecule has 0 atom stereocenters. The molecule has 26 heavy (non-hydrogen) atoms. The molecule has 0 unspecified atom stereocenters. The minimum Gasteiger partial charge on any atom is -0.506 e. The van der Waals surface area contributed by atoms with Crippen LogP contribution in [0.3, 0.4) is 0 Å². The first-order chi connectivity index (χ1) is 12.5. The third kappa shape index (κ3) is 3.00. The zero-order chi connectivity index (χ0) is 18.3. The summed E-state index contributed by atoms with van der Waals surface area (Å²) in [6.45, 7) is 4.01. The summed E-state index contributed by atoms with van der Waals surface area (Å²) in [6.07, 6.45) is 1.54. The van der Waals surface area contributed by atoms with Crippen LogP contribution < -0.4 is 5.32 Å². The molecule has 0 spiro atoms. The number of aromatic hydroxyl groups is 1. The molecule has 4 rings (SSSR count). The fraction of sp³-hybridized carbons (Fsp3) is 0.100. The molecule has 0 amide bonds. The van der Waals surface area contributed by atoms with Crippen LogP contribution in [-0.4, -0.2) is 15.1 Å². The van der Waals surface area contributed by atoms with E-state index in [4.69, 9.17) is 11.6 Å². The predicted octanol–water partition coefficient (Wildman–Crippen LogP) is 6.08. The standard InChI is InChI=1S/C20H16ClN3OS/c1-11-3-8-15(16(25)9-11)24-19-18-17(13-4-6-14(21)7-5-13)12(2)26-20(18)23-10-22-19/h3-10,25H,1-2H3,(H,22,23,24). The van der Waals surface area contributed by atoms with Gasteiger partial charge >= 0.3 is 0 Å². The summed E-state index contributed by atoms with van der Waals surface area (Å²) in [5.74, 6) is 0.861. The Morgan fingerprint density at radius 1 is 1.04 bits per heavy atom. The first-order valence-electron chi connectivity index (χ1n) is 8.09. The number of aryl methyl sites for hydroxylation is 2. The lowest BCUT2D eigenvalue weighted by Crippen LogP contribution is -1.96. The van der Waals surface area contributed by atoms with E-state index in [0.717, 1.165) is 31.8 Å². The van der Waals surface area contributed by atoms with Crippen LogP contribution in [-0.2, 0) is 0 Å². The molecule has 2 aromatic heterocycles. The van der Waals surface area contributed by atoms with E-state index in [0.29, 0.717) is 16.5 Å². The number of thiophene rings is 1. The van der Waals surface area contributed by atoms with Gasteiger partial charge in [0.25, 0.3) is 0 Å². The molecule has 0 aliphatic heterocycles. The minimum atomic E-state index is 0.191. The summed E-state index contributed by atoms with van der Waals surface area (Å²) in [4.78, 5) is 10.9. The normalized spacial score (nSPS) is 11.0. The number of halogens is 1. The Labute approximate surface area is 160 Å². The number of rotatable bonds is 3. The van der Waals surface area contributed by atoms with Crippen molar-refractivity contribution in [3.8, 4) is 16.9 Å². The number of benzene rings is 2. The van der Waals surface area contributed by atoms with Gasteiger partial charge in [0.05, 0.1) is 11.1 Å². The predicted molar refractivity (Wildman–Crippen MR) is 109 cm³/mol. The van der Waals surface area contributed by atoms with E-state index in [-0.39, 0.29) is 5.75 Å². The van der Waals surface area contributed by atoms with Gasteiger partial charge in [0.2, 0.25) is 0 Å². The van der Waals surface area contributed by atoms with Gasteiger partial charge in [-0.2, -0.15) is 0 Å². The second-order valence-corrected chi connectivity index (χ2v) is 7.73. The number of hydrogen-bond donors (Lipinski definition) is 2. The van der Waals surface area contributed by atoms with Crippen molar-refractivity contribution < 1.29 is 5.11 Å². The zero-order valence-corrected chi connectivity index (χ0v) is 15.8. The fourth-order valence-corrected chi connectivity index (χ4v) is 4.12. The fourth-order valence-electron chi connectivity index (χ4n) is 2.98. The van der Waals surface area contributed by atoms with Crippen LogP contribution in [0.25, 0.3) is 21.3 Å². The van der Waals surface area contributed by atoms with Crippen molar-refractivity contribution >= 4 is 44.7 Å². The summed E-state index contributed by atoms with van der Waals surface area (Å²) in [5.41, 5.74) is 3.75. The van der Waals surface area contributed by atoms with Gasteiger partial charge in [-0.15, -0.1) is 11.3 Å². The molecule has 2 N–H and O–H groups in total. The number of nitrogens with zero attached hydrogens (tertiary/aromatic N) is 2. The Bertz CT molecular complexity index is 1110. The monoisotopic (exact) mass is 381 g/mol. The van der Waals surface area contributed by atoms with E-state index in [9.17, 15) is 5.11 Å². The summed E-state index contributed by atoms with van der Waals surface area (Å²) in [6, 6.07) is 13.3. The molecule has 0 aliphatic rings. The molecule has 0 radical (unpaired) electrons. The first-order valence-corrected chi connectivity index (χ1v) is 9.29. The molecule has 4 aromatic rings. The highest BCUT2D eigenvalue weighted by Gasteiger charge is 2.17. The molecule has 0 saturated heterocycles. The molecule has 0 saturated carbocycles. The molecule has 2 heterocycles. The maximum absolute atomic E-state index is 10.2. The highest BCUT2D eigenvalue weighted by molar-refractivity contribution is 7.19. The maximum Gasteiger partial charge on any atom is 0.143 e. The molecule has 4 nitrogen and oxygen atoms in total. The summed E-state index contributed by atoms with van der Waals surface area (Å²) in [5, 5.41) is 15.1. The zero-order valence-electron chi connectivity index (χ0n) is 14.2. The van der Waals surface area contributed by atoms with Gasteiger partial charge in [-0.05, 0) is 49.2 Å². The summed E-state index contributed by atoms with van der Waals surface area (Å²) >= 11 is 7.66. The number of aromatic nitrogens is 2. The Hall–Kier alpha value is -2.63. The molecule has 6 heteroatoms. The van der Waals surface area contributed by atoms with Crippen LogP contribution >= 0.6 is 22.9 Å². The maximum atomic E-state index is 10.2. The van der Waals surface area contributed by atoms with Crippen molar-refractivity contribution in [2.45, 2.75) is 13.8 Å². The Morgan fingerprint density at radius 3 is 2.54 bits per heavy atom. The molecule has 130 valence electrons. The topological polar surface area (TPSA) is 58.0 Å². The molecule has 0 bridgehead atoms. The third-order valence-corrected chi connectivity index (χ3v) is 5.47. The van der Waals surface area contributed by atoms with Crippen molar-refractivity contribution in [3.05, 3.63) is 64.3 Å². The smallest absolute Gasteiger partial charge is 0.143 e. The van der Waals surface area contributed by atoms with Crippen LogP contribution in [0, 0.1) is 13.8 Å². The van der Waals surface area contributed by atoms with E-state index in [1.807, 2.05) is 43.3 Å². The number of phenols is 1. The van der Waals surface area contributed by atoms with Gasteiger partial charge in [0.1, 0.15) is 22.7 Å². The molecule has 0 aliphatic carbocycles. The highest BCUT2D eigenvalue weighted by Crippen LogP contribution is 2.41. The Kier molecular flexibility index (Phi) is 4.26. The SMILES string of the molecule is Cc1ccc(Nc2ncnc3sc(C)c(-c4ccc(Cl)cc4)c23)c(O)c1. The average Bonchev–Trinajstić information content (AvgIpc) is 2.95. The number of anilines is 2. The second-order valence-electron chi connectivity index (χ2n) is 6.09. The Balaban J connectivity index is 1.89. The lowest BCUT2D eigenvalue weighted by atomic mass is 10.0. The van der Waals surface area contributed by atoms with Gasteiger partial charge in [-0.25, -0.2) is 9.97 Å². The number of phenolic OH excluding ortho intramolecular Hbond substituents is 1. The van der Waals surface area contributed by atoms with E-state index >= 15 is 0 Å². The summed E-state index contributed by atoms with van der Waals surface area (Å²) < 4.78 is 0. The van der Waals surface area contributed by atoms with Crippen LogP contribution in [0.1, 0.15) is 10.4 Å². The highest BCUT2D eigenvalue weighted by atomic mass is 35.5. The molecular formula is C20H16ClN3OS. The third-order valence-electron chi connectivity index (χ3n) is 4.20. The lowest BCUT2D eigenvalue weighted by molar-refractivity contribution is 0.477. The van der Waals surface area contributed by atoms with Crippen LogP contribution in [0.2, 0.25) is 5.02 Å². The van der Waals surface area contributed by atoms with Crippen LogP contribution in [0.15, 0.2) is 48.8 Å². The first kappa shape index (κ1) is 16.8. The summed E-state index contributed by atoms with van der Waals surface area (Å²) in [7, 11) is 0.